The maximum Gasteiger partial charge on any atom is 0.318 e. The van der Waals surface area contributed by atoms with E-state index >= 15 is 0 Å². The Morgan fingerprint density at radius 2 is 1.76 bits per heavy atom. The van der Waals surface area contributed by atoms with Crippen LogP contribution in [0.4, 0.5) is 0 Å². The van der Waals surface area contributed by atoms with Crippen molar-refractivity contribution in [3.63, 3.8) is 0 Å². The summed E-state index contributed by atoms with van der Waals surface area (Å²) in [4.78, 5) is 25.3. The molecule has 2 atom stereocenters. The Kier molecular flexibility index (Phi) is 3.60. The van der Waals surface area contributed by atoms with E-state index in [0.717, 1.165) is 18.4 Å². The van der Waals surface area contributed by atoms with Crippen molar-refractivity contribution in [3.05, 3.63) is 35.9 Å². The van der Waals surface area contributed by atoms with Crippen LogP contribution in [0, 0.1) is 11.8 Å². The van der Waals surface area contributed by atoms with E-state index in [1.807, 2.05) is 44.2 Å². The summed E-state index contributed by atoms with van der Waals surface area (Å²) >= 11 is 0. The van der Waals surface area contributed by atoms with Crippen LogP contribution in [0.15, 0.2) is 30.3 Å². The number of rotatable bonds is 5. The van der Waals surface area contributed by atoms with Crippen molar-refractivity contribution in [2.24, 2.45) is 11.8 Å². The molecule has 0 bridgehead atoms. The first-order valence-corrected chi connectivity index (χ1v) is 7.95. The van der Waals surface area contributed by atoms with Gasteiger partial charge in [-0.2, -0.15) is 0 Å². The highest BCUT2D eigenvalue weighted by Gasteiger charge is 2.58. The summed E-state index contributed by atoms with van der Waals surface area (Å²) in [5, 5.41) is 0. The molecule has 0 amide bonds. The summed E-state index contributed by atoms with van der Waals surface area (Å²) in [6, 6.07) is 9.97. The highest BCUT2D eigenvalue weighted by atomic mass is 16.6. The minimum atomic E-state index is -0.885. The summed E-state index contributed by atoms with van der Waals surface area (Å²) in [7, 11) is 0. The van der Waals surface area contributed by atoms with Crippen molar-refractivity contribution in [2.75, 3.05) is 0 Å². The zero-order valence-corrected chi connectivity index (χ0v) is 12.7. The molecule has 0 spiro atoms. The van der Waals surface area contributed by atoms with Crippen LogP contribution in [-0.2, 0) is 14.3 Å². The second kappa shape index (κ2) is 5.28. The Morgan fingerprint density at radius 3 is 2.24 bits per heavy atom. The van der Waals surface area contributed by atoms with E-state index in [-0.39, 0.29) is 17.7 Å². The lowest BCUT2D eigenvalue weighted by atomic mass is 9.76. The van der Waals surface area contributed by atoms with Gasteiger partial charge in [-0.15, -0.1) is 0 Å². The van der Waals surface area contributed by atoms with Crippen molar-refractivity contribution >= 4 is 11.8 Å². The first kappa shape index (κ1) is 14.3. The number of esters is 1. The zero-order valence-electron chi connectivity index (χ0n) is 12.7. The van der Waals surface area contributed by atoms with Crippen LogP contribution in [0.1, 0.15) is 51.0 Å². The third-order valence-corrected chi connectivity index (χ3v) is 5.10. The molecular weight excluding hydrogens is 264 g/mol. The van der Waals surface area contributed by atoms with E-state index < -0.39 is 11.5 Å². The molecule has 2 aliphatic rings. The van der Waals surface area contributed by atoms with Gasteiger partial charge in [0.15, 0.2) is 11.4 Å². The van der Waals surface area contributed by atoms with Crippen molar-refractivity contribution in [3.8, 4) is 0 Å². The van der Waals surface area contributed by atoms with Crippen molar-refractivity contribution in [1.82, 2.24) is 0 Å². The normalized spacial score (nSPS) is 25.7. The molecule has 2 unspecified atom stereocenters. The van der Waals surface area contributed by atoms with Crippen LogP contribution in [0.3, 0.4) is 0 Å². The second-order valence-electron chi connectivity index (χ2n) is 6.24. The van der Waals surface area contributed by atoms with Crippen molar-refractivity contribution in [1.29, 1.82) is 0 Å². The lowest BCUT2D eigenvalue weighted by molar-refractivity contribution is -0.153. The summed E-state index contributed by atoms with van der Waals surface area (Å²) < 4.78 is 5.56. The number of carbonyl (C=O) groups is 2. The van der Waals surface area contributed by atoms with Gasteiger partial charge in [0.25, 0.3) is 0 Å². The van der Waals surface area contributed by atoms with Crippen LogP contribution in [0.2, 0.25) is 0 Å². The topological polar surface area (TPSA) is 43.4 Å². The maximum atomic E-state index is 12.9. The molecule has 3 nitrogen and oxygen atoms in total. The van der Waals surface area contributed by atoms with Gasteiger partial charge in [-0.25, -0.2) is 0 Å². The molecule has 1 saturated heterocycles. The molecule has 0 radical (unpaired) electrons. The summed E-state index contributed by atoms with van der Waals surface area (Å²) in [6.45, 7) is 3.84. The van der Waals surface area contributed by atoms with Gasteiger partial charge in [0.1, 0.15) is 5.92 Å². The molecule has 1 aromatic rings. The predicted octanol–water partition coefficient (Wildman–Crippen LogP) is 3.48. The molecule has 1 aliphatic heterocycles. The summed E-state index contributed by atoms with van der Waals surface area (Å²) in [5.74, 6) is -0.493. The quantitative estimate of drug-likeness (QED) is 0.615. The summed E-state index contributed by atoms with van der Waals surface area (Å²) in [6.07, 6.45) is 3.33. The van der Waals surface area contributed by atoms with Gasteiger partial charge in [-0.1, -0.05) is 44.2 Å². The van der Waals surface area contributed by atoms with Gasteiger partial charge in [0.05, 0.1) is 0 Å². The Bertz CT molecular complexity index is 541. The third kappa shape index (κ3) is 2.29. The number of carbonyl (C=O) groups excluding carboxylic acids is 2. The Labute approximate surface area is 125 Å². The first-order chi connectivity index (χ1) is 10.1. The Morgan fingerprint density at radius 1 is 1.14 bits per heavy atom. The molecule has 0 aromatic heterocycles. The average molecular weight is 286 g/mol. The molecule has 21 heavy (non-hydrogen) atoms. The molecule has 1 aliphatic carbocycles. The molecular formula is C18H22O3. The number of ketones is 1. The fraction of sp³-hybridized carbons (Fsp3) is 0.556. The number of benzene rings is 1. The van der Waals surface area contributed by atoms with E-state index in [9.17, 15) is 9.59 Å². The van der Waals surface area contributed by atoms with Crippen LogP contribution in [-0.4, -0.2) is 17.4 Å². The third-order valence-electron chi connectivity index (χ3n) is 5.10. The first-order valence-electron chi connectivity index (χ1n) is 7.95. The van der Waals surface area contributed by atoms with Gasteiger partial charge in [0.2, 0.25) is 0 Å². The number of cyclic esters (lactones) is 1. The minimum Gasteiger partial charge on any atom is -0.450 e. The van der Waals surface area contributed by atoms with E-state index in [0.29, 0.717) is 18.8 Å². The number of hydrogen-bond donors (Lipinski definition) is 0. The van der Waals surface area contributed by atoms with E-state index in [2.05, 4.69) is 0 Å². The fourth-order valence-electron chi connectivity index (χ4n) is 3.62. The molecule has 0 N–H and O–H groups in total. The van der Waals surface area contributed by atoms with Gasteiger partial charge in [-0.3, -0.25) is 9.59 Å². The largest absolute Gasteiger partial charge is 0.450 e. The van der Waals surface area contributed by atoms with Gasteiger partial charge in [-0.05, 0) is 37.2 Å². The SMILES string of the molecule is CCC1(CC)OC(=O)C(C(c2ccccc2)C2CC2)C1=O. The fourth-order valence-corrected chi connectivity index (χ4v) is 3.62. The number of Topliss-reactive ketones (excluding diaryl/α,β-unsaturated/α-hetero) is 1. The molecule has 1 heterocycles. The van der Waals surface area contributed by atoms with Crippen molar-refractivity contribution in [2.45, 2.75) is 51.0 Å². The predicted molar refractivity (Wildman–Crippen MR) is 79.8 cm³/mol. The number of hydrogen-bond acceptors (Lipinski definition) is 3. The molecule has 3 rings (SSSR count). The van der Waals surface area contributed by atoms with Crippen molar-refractivity contribution < 1.29 is 14.3 Å². The maximum absolute atomic E-state index is 12.9. The highest BCUT2D eigenvalue weighted by molar-refractivity contribution is 6.09. The monoisotopic (exact) mass is 286 g/mol. The molecule has 112 valence electrons. The average Bonchev–Trinajstić information content (AvgIpc) is 3.31. The van der Waals surface area contributed by atoms with Crippen LogP contribution in [0.25, 0.3) is 0 Å². The van der Waals surface area contributed by atoms with Crippen LogP contribution >= 0.6 is 0 Å². The van der Waals surface area contributed by atoms with Gasteiger partial charge >= 0.3 is 5.97 Å². The smallest absolute Gasteiger partial charge is 0.318 e. The second-order valence-corrected chi connectivity index (χ2v) is 6.24. The molecule has 1 aromatic carbocycles. The lowest BCUT2D eigenvalue weighted by Gasteiger charge is -2.24. The molecule has 3 heteroatoms. The highest BCUT2D eigenvalue weighted by Crippen LogP contribution is 2.51. The standard InChI is InChI=1S/C18H22O3/c1-3-18(4-2)16(19)15(17(20)21-18)14(13-10-11-13)12-8-6-5-7-9-12/h5-9,13-15H,3-4,10-11H2,1-2H3. The minimum absolute atomic E-state index is 0.00162. The van der Waals surface area contributed by atoms with Gasteiger partial charge in [0, 0.05) is 5.92 Å². The van der Waals surface area contributed by atoms with E-state index in [1.54, 1.807) is 0 Å². The van der Waals surface area contributed by atoms with Crippen LogP contribution < -0.4 is 0 Å². The number of ether oxygens (including phenoxy) is 1. The lowest BCUT2D eigenvalue weighted by Crippen LogP contribution is -2.37. The van der Waals surface area contributed by atoms with Crippen LogP contribution in [0.5, 0.6) is 0 Å². The van der Waals surface area contributed by atoms with E-state index in [4.69, 9.17) is 4.74 Å². The molecule has 2 fully saturated rings. The zero-order chi connectivity index (χ0) is 15.0. The van der Waals surface area contributed by atoms with Gasteiger partial charge < -0.3 is 4.74 Å². The summed E-state index contributed by atoms with van der Waals surface area (Å²) in [5.41, 5.74) is 0.210. The molecule has 1 saturated carbocycles. The Hall–Kier alpha value is -1.64. The van der Waals surface area contributed by atoms with E-state index in [1.165, 1.54) is 0 Å². The Balaban J connectivity index is 1.97.